The van der Waals surface area contributed by atoms with Crippen molar-refractivity contribution in [1.82, 2.24) is 19.7 Å². The molecule has 1 N–H and O–H groups in total. The van der Waals surface area contributed by atoms with E-state index >= 15 is 0 Å². The molecular formula is C11H15N5. The number of nitrogens with zero attached hydrogens (tertiary/aromatic N) is 4. The maximum absolute atomic E-state index is 4.27. The second-order valence-electron chi connectivity index (χ2n) is 3.55. The van der Waals surface area contributed by atoms with Crippen molar-refractivity contribution in [2.45, 2.75) is 26.9 Å². The highest BCUT2D eigenvalue weighted by molar-refractivity contribution is 5.33. The first-order chi connectivity index (χ1) is 7.78. The molecule has 0 aliphatic carbocycles. The molecule has 5 heteroatoms. The highest BCUT2D eigenvalue weighted by atomic mass is 15.3. The number of anilines is 1. The third-order valence-electron chi connectivity index (χ3n) is 2.26. The topological polar surface area (TPSA) is 55.6 Å². The monoisotopic (exact) mass is 217 g/mol. The Hall–Kier alpha value is -1.91. The van der Waals surface area contributed by atoms with E-state index in [1.165, 1.54) is 0 Å². The van der Waals surface area contributed by atoms with Gasteiger partial charge in [-0.25, -0.2) is 9.97 Å². The van der Waals surface area contributed by atoms with Gasteiger partial charge in [0.25, 0.3) is 0 Å². The van der Waals surface area contributed by atoms with E-state index in [0.29, 0.717) is 0 Å². The maximum Gasteiger partial charge on any atom is 0.129 e. The fraction of sp³-hybridized carbons (Fsp3) is 0.364. The Morgan fingerprint density at radius 2 is 2.31 bits per heavy atom. The quantitative estimate of drug-likeness (QED) is 0.845. The summed E-state index contributed by atoms with van der Waals surface area (Å²) < 4.78 is 1.91. The Morgan fingerprint density at radius 1 is 1.44 bits per heavy atom. The molecule has 2 aromatic rings. The van der Waals surface area contributed by atoms with Gasteiger partial charge in [0, 0.05) is 31.0 Å². The summed E-state index contributed by atoms with van der Waals surface area (Å²) in [5.74, 6) is 1.62. The van der Waals surface area contributed by atoms with Crippen LogP contribution in [0, 0.1) is 6.92 Å². The molecule has 2 aromatic heterocycles. The summed E-state index contributed by atoms with van der Waals surface area (Å²) in [6.07, 6.45) is 5.64. The number of aromatic nitrogens is 4. The van der Waals surface area contributed by atoms with Crippen LogP contribution in [0.5, 0.6) is 0 Å². The highest BCUT2D eigenvalue weighted by Crippen LogP contribution is 2.05. The van der Waals surface area contributed by atoms with Gasteiger partial charge in [0.1, 0.15) is 11.6 Å². The minimum atomic E-state index is 0.733. The van der Waals surface area contributed by atoms with Crippen molar-refractivity contribution in [3.8, 4) is 0 Å². The largest absolute Gasteiger partial charge is 0.366 e. The van der Waals surface area contributed by atoms with Gasteiger partial charge >= 0.3 is 0 Å². The van der Waals surface area contributed by atoms with Gasteiger partial charge in [0.05, 0.1) is 6.20 Å². The van der Waals surface area contributed by atoms with Crippen molar-refractivity contribution in [2.24, 2.45) is 0 Å². The fourth-order valence-electron chi connectivity index (χ4n) is 1.42. The second kappa shape index (κ2) is 4.74. The van der Waals surface area contributed by atoms with Crippen LogP contribution >= 0.6 is 0 Å². The lowest BCUT2D eigenvalue weighted by Crippen LogP contribution is -2.02. The zero-order chi connectivity index (χ0) is 11.4. The molecule has 2 rings (SSSR count). The third-order valence-corrected chi connectivity index (χ3v) is 2.26. The third kappa shape index (κ3) is 2.56. The molecule has 0 bridgehead atoms. The lowest BCUT2D eigenvalue weighted by molar-refractivity contribution is 0.659. The minimum absolute atomic E-state index is 0.733. The van der Waals surface area contributed by atoms with Gasteiger partial charge < -0.3 is 5.32 Å². The summed E-state index contributed by atoms with van der Waals surface area (Å²) >= 11 is 0. The van der Waals surface area contributed by atoms with Gasteiger partial charge in [-0.2, -0.15) is 5.10 Å². The van der Waals surface area contributed by atoms with E-state index in [1.54, 1.807) is 6.20 Å². The summed E-state index contributed by atoms with van der Waals surface area (Å²) in [6.45, 7) is 5.57. The van der Waals surface area contributed by atoms with Crippen LogP contribution in [-0.4, -0.2) is 19.7 Å². The molecule has 84 valence electrons. The number of aryl methyl sites for hydroxylation is 2. The maximum atomic E-state index is 4.27. The van der Waals surface area contributed by atoms with Crippen LogP contribution in [0.25, 0.3) is 0 Å². The SMILES string of the molecule is CCn1cc(CNc2ccnc(C)n2)cn1. The summed E-state index contributed by atoms with van der Waals surface area (Å²) in [5, 5.41) is 7.44. The van der Waals surface area contributed by atoms with Crippen molar-refractivity contribution in [3.63, 3.8) is 0 Å². The lowest BCUT2D eigenvalue weighted by Gasteiger charge is -2.03. The predicted molar refractivity (Wildman–Crippen MR) is 62.0 cm³/mol. The van der Waals surface area contributed by atoms with Gasteiger partial charge in [-0.3, -0.25) is 4.68 Å². The molecule has 0 saturated heterocycles. The van der Waals surface area contributed by atoms with E-state index in [-0.39, 0.29) is 0 Å². The molecule has 0 saturated carbocycles. The van der Waals surface area contributed by atoms with Crippen molar-refractivity contribution in [3.05, 3.63) is 36.0 Å². The van der Waals surface area contributed by atoms with Gasteiger partial charge in [-0.1, -0.05) is 0 Å². The number of hydrogen-bond donors (Lipinski definition) is 1. The zero-order valence-corrected chi connectivity index (χ0v) is 9.51. The first kappa shape index (κ1) is 10.6. The van der Waals surface area contributed by atoms with E-state index < -0.39 is 0 Å². The molecule has 5 nitrogen and oxygen atoms in total. The predicted octanol–water partition coefficient (Wildman–Crippen LogP) is 1.61. The van der Waals surface area contributed by atoms with Crippen LogP contribution in [0.3, 0.4) is 0 Å². The van der Waals surface area contributed by atoms with Crippen LogP contribution in [0.15, 0.2) is 24.7 Å². The smallest absolute Gasteiger partial charge is 0.129 e. The van der Waals surface area contributed by atoms with Gasteiger partial charge in [-0.05, 0) is 19.9 Å². The van der Waals surface area contributed by atoms with E-state index in [1.807, 2.05) is 30.1 Å². The van der Waals surface area contributed by atoms with E-state index in [0.717, 1.165) is 30.3 Å². The zero-order valence-electron chi connectivity index (χ0n) is 9.51. The lowest BCUT2D eigenvalue weighted by atomic mass is 10.3. The molecule has 0 aliphatic heterocycles. The Balaban J connectivity index is 1.96. The normalized spacial score (nSPS) is 10.4. The average molecular weight is 217 g/mol. The fourth-order valence-corrected chi connectivity index (χ4v) is 1.42. The molecule has 0 unspecified atom stereocenters. The summed E-state index contributed by atoms with van der Waals surface area (Å²) in [7, 11) is 0. The summed E-state index contributed by atoms with van der Waals surface area (Å²) in [6, 6.07) is 1.86. The molecule has 0 spiro atoms. The first-order valence-electron chi connectivity index (χ1n) is 5.33. The molecule has 2 heterocycles. The van der Waals surface area contributed by atoms with E-state index in [9.17, 15) is 0 Å². The Bertz CT molecular complexity index is 463. The molecule has 0 aliphatic rings. The van der Waals surface area contributed by atoms with Crippen molar-refractivity contribution < 1.29 is 0 Å². The summed E-state index contributed by atoms with van der Waals surface area (Å²) in [5.41, 5.74) is 1.15. The number of hydrogen-bond acceptors (Lipinski definition) is 4. The van der Waals surface area contributed by atoms with Crippen molar-refractivity contribution in [1.29, 1.82) is 0 Å². The highest BCUT2D eigenvalue weighted by Gasteiger charge is 1.98. The molecule has 0 fully saturated rings. The van der Waals surface area contributed by atoms with Gasteiger partial charge in [0.15, 0.2) is 0 Å². The van der Waals surface area contributed by atoms with Crippen LogP contribution in [-0.2, 0) is 13.1 Å². The van der Waals surface area contributed by atoms with E-state index in [2.05, 4.69) is 27.3 Å². The summed E-state index contributed by atoms with van der Waals surface area (Å²) in [4.78, 5) is 8.31. The van der Waals surface area contributed by atoms with Crippen LogP contribution in [0.2, 0.25) is 0 Å². The Kier molecular flexibility index (Phi) is 3.14. The molecule has 0 amide bonds. The van der Waals surface area contributed by atoms with Gasteiger partial charge in [-0.15, -0.1) is 0 Å². The second-order valence-corrected chi connectivity index (χ2v) is 3.55. The Labute approximate surface area is 94.5 Å². The first-order valence-corrected chi connectivity index (χ1v) is 5.33. The standard InChI is InChI=1S/C11H15N5/c1-3-16-8-10(7-14-16)6-13-11-4-5-12-9(2)15-11/h4-5,7-8H,3,6H2,1-2H3,(H,12,13,15). The molecule has 0 aromatic carbocycles. The van der Waals surface area contributed by atoms with Crippen molar-refractivity contribution in [2.75, 3.05) is 5.32 Å². The molecule has 0 atom stereocenters. The van der Waals surface area contributed by atoms with Crippen LogP contribution < -0.4 is 5.32 Å². The molecular weight excluding hydrogens is 202 g/mol. The van der Waals surface area contributed by atoms with Crippen molar-refractivity contribution >= 4 is 5.82 Å². The average Bonchev–Trinajstić information content (AvgIpc) is 2.74. The van der Waals surface area contributed by atoms with Crippen LogP contribution in [0.4, 0.5) is 5.82 Å². The Morgan fingerprint density at radius 3 is 3.00 bits per heavy atom. The van der Waals surface area contributed by atoms with Crippen LogP contribution in [0.1, 0.15) is 18.3 Å². The molecule has 16 heavy (non-hydrogen) atoms. The number of nitrogens with one attached hydrogen (secondary N) is 1. The molecule has 0 radical (unpaired) electrons. The minimum Gasteiger partial charge on any atom is -0.366 e. The van der Waals surface area contributed by atoms with Gasteiger partial charge in [0.2, 0.25) is 0 Å². The number of rotatable bonds is 4. The van der Waals surface area contributed by atoms with E-state index in [4.69, 9.17) is 0 Å².